The lowest BCUT2D eigenvalue weighted by atomic mass is 9.91. The summed E-state index contributed by atoms with van der Waals surface area (Å²) in [7, 11) is 0. The SMILES string of the molecule is [C-]#[N+]c1ccc(-c2nc3ccc4c(-c5ccccc5-c5c(F)c(F)c(C#N)c(F)c5F)nc5ccccc5c4c3nc2-c2ccc(C#N)cc2)cc1. The van der Waals surface area contributed by atoms with Crippen LogP contribution in [0.4, 0.5) is 23.2 Å². The van der Waals surface area contributed by atoms with E-state index in [1.54, 1.807) is 84.9 Å². The largest absolute Gasteiger partial charge is 0.247 e. The number of aromatic nitrogens is 3. The van der Waals surface area contributed by atoms with Crippen molar-refractivity contribution in [1.29, 1.82) is 10.5 Å². The molecule has 0 aliphatic rings. The maximum Gasteiger partial charge on any atom is 0.187 e. The lowest BCUT2D eigenvalue weighted by Gasteiger charge is -2.17. The first-order valence-electron chi connectivity index (χ1n) is 15.7. The number of hydrogen-bond acceptors (Lipinski definition) is 5. The van der Waals surface area contributed by atoms with E-state index in [0.717, 1.165) is 0 Å². The van der Waals surface area contributed by atoms with Crippen molar-refractivity contribution < 1.29 is 17.6 Å². The van der Waals surface area contributed by atoms with E-state index < -0.39 is 34.4 Å². The lowest BCUT2D eigenvalue weighted by molar-refractivity contribution is 0.454. The van der Waals surface area contributed by atoms with E-state index in [4.69, 9.17) is 26.8 Å². The number of nitrogens with zero attached hydrogens (tertiary/aromatic N) is 6. The molecule has 0 unspecified atom stereocenters. The van der Waals surface area contributed by atoms with E-state index in [0.29, 0.717) is 66.5 Å². The molecule has 0 saturated heterocycles. The minimum atomic E-state index is -1.79. The van der Waals surface area contributed by atoms with Crippen molar-refractivity contribution in [2.24, 2.45) is 0 Å². The molecular weight excluding hydrogens is 664 g/mol. The Hall–Kier alpha value is -7.48. The third-order valence-electron chi connectivity index (χ3n) is 8.88. The molecule has 0 saturated carbocycles. The molecule has 0 bridgehead atoms. The van der Waals surface area contributed by atoms with Crippen LogP contribution >= 0.6 is 0 Å². The van der Waals surface area contributed by atoms with E-state index in [9.17, 15) is 14.0 Å². The highest BCUT2D eigenvalue weighted by Crippen LogP contribution is 2.43. The van der Waals surface area contributed by atoms with E-state index >= 15 is 8.78 Å². The molecule has 0 radical (unpaired) electrons. The van der Waals surface area contributed by atoms with Gasteiger partial charge in [0, 0.05) is 27.3 Å². The Labute approximate surface area is 293 Å². The number of hydrogen-bond donors (Lipinski definition) is 0. The van der Waals surface area contributed by atoms with Crippen molar-refractivity contribution in [3.05, 3.63) is 155 Å². The number of para-hydroxylation sites is 1. The van der Waals surface area contributed by atoms with Gasteiger partial charge in [-0.25, -0.2) is 37.4 Å². The van der Waals surface area contributed by atoms with Crippen molar-refractivity contribution in [3.63, 3.8) is 0 Å². The van der Waals surface area contributed by atoms with Crippen LogP contribution in [0.1, 0.15) is 11.1 Å². The highest BCUT2D eigenvalue weighted by Gasteiger charge is 2.29. The van der Waals surface area contributed by atoms with Crippen molar-refractivity contribution in [1.82, 2.24) is 15.0 Å². The van der Waals surface area contributed by atoms with Gasteiger partial charge in [-0.15, -0.1) is 0 Å². The van der Waals surface area contributed by atoms with Crippen molar-refractivity contribution in [2.45, 2.75) is 0 Å². The first-order valence-corrected chi connectivity index (χ1v) is 15.7. The number of pyridine rings is 1. The molecule has 8 aromatic rings. The third-order valence-corrected chi connectivity index (χ3v) is 8.88. The van der Waals surface area contributed by atoms with Crippen LogP contribution in [0.2, 0.25) is 0 Å². The van der Waals surface area contributed by atoms with E-state index in [-0.39, 0.29) is 16.8 Å². The van der Waals surface area contributed by atoms with Gasteiger partial charge in [0.05, 0.1) is 57.4 Å². The molecule has 8 rings (SSSR count). The van der Waals surface area contributed by atoms with Gasteiger partial charge in [-0.05, 0) is 41.5 Å². The normalized spacial score (nSPS) is 11.0. The zero-order valence-electron chi connectivity index (χ0n) is 26.6. The van der Waals surface area contributed by atoms with Gasteiger partial charge in [0.15, 0.2) is 29.0 Å². The summed E-state index contributed by atoms with van der Waals surface area (Å²) >= 11 is 0. The maximum atomic E-state index is 15.5. The summed E-state index contributed by atoms with van der Waals surface area (Å²) in [5.74, 6) is -6.99. The predicted molar refractivity (Wildman–Crippen MR) is 190 cm³/mol. The average Bonchev–Trinajstić information content (AvgIpc) is 3.19. The fourth-order valence-corrected chi connectivity index (χ4v) is 6.43. The monoisotopic (exact) mass is 682 g/mol. The second kappa shape index (κ2) is 12.4. The summed E-state index contributed by atoms with van der Waals surface area (Å²) in [6.07, 6.45) is 0. The zero-order chi connectivity index (χ0) is 36.1. The van der Waals surface area contributed by atoms with Crippen LogP contribution < -0.4 is 0 Å². The molecular formula is C42H18F4N6. The Morgan fingerprint density at radius 3 is 1.79 bits per heavy atom. The van der Waals surface area contributed by atoms with E-state index in [1.165, 1.54) is 18.2 Å². The van der Waals surface area contributed by atoms with E-state index in [2.05, 4.69) is 10.9 Å². The topological polar surface area (TPSA) is 90.6 Å². The summed E-state index contributed by atoms with van der Waals surface area (Å²) in [5.41, 5.74) is 2.77. The quantitative estimate of drug-likeness (QED) is 0.0797. The van der Waals surface area contributed by atoms with Gasteiger partial charge >= 0.3 is 0 Å². The summed E-state index contributed by atoms with van der Waals surface area (Å²) in [6, 6.07) is 33.9. The van der Waals surface area contributed by atoms with Crippen LogP contribution in [0.5, 0.6) is 0 Å². The smallest absolute Gasteiger partial charge is 0.187 e. The summed E-state index contributed by atoms with van der Waals surface area (Å²) in [5, 5.41) is 20.4. The fourth-order valence-electron chi connectivity index (χ4n) is 6.43. The van der Waals surface area contributed by atoms with Crippen LogP contribution in [0.15, 0.2) is 109 Å². The molecule has 0 atom stereocenters. The van der Waals surface area contributed by atoms with Gasteiger partial charge in [-0.1, -0.05) is 78.9 Å². The number of fused-ring (bicyclic) bond motifs is 5. The third kappa shape index (κ3) is 4.96. The van der Waals surface area contributed by atoms with Crippen molar-refractivity contribution in [2.75, 3.05) is 0 Å². The number of benzene rings is 6. The second-order valence-corrected chi connectivity index (χ2v) is 11.8. The Kier molecular flexibility index (Phi) is 7.60. The van der Waals surface area contributed by atoms with Gasteiger partial charge in [0.25, 0.3) is 0 Å². The van der Waals surface area contributed by atoms with Gasteiger partial charge in [-0.3, -0.25) is 0 Å². The molecule has 0 fully saturated rings. The molecule has 0 aliphatic heterocycles. The van der Waals surface area contributed by atoms with Crippen molar-refractivity contribution >= 4 is 38.4 Å². The first-order chi connectivity index (χ1) is 25.3. The molecule has 52 heavy (non-hydrogen) atoms. The molecule has 0 amide bonds. The molecule has 0 N–H and O–H groups in total. The average molecular weight is 683 g/mol. The molecule has 10 heteroatoms. The molecule has 2 aromatic heterocycles. The van der Waals surface area contributed by atoms with Gasteiger partial charge in [-0.2, -0.15) is 10.5 Å². The molecule has 6 nitrogen and oxygen atoms in total. The van der Waals surface area contributed by atoms with Gasteiger partial charge in [0.1, 0.15) is 11.6 Å². The van der Waals surface area contributed by atoms with Crippen molar-refractivity contribution in [3.8, 4) is 57.0 Å². The highest BCUT2D eigenvalue weighted by atomic mass is 19.2. The van der Waals surface area contributed by atoms with Gasteiger partial charge < -0.3 is 0 Å². The minimum absolute atomic E-state index is 0.175. The summed E-state index contributed by atoms with van der Waals surface area (Å²) < 4.78 is 60.8. The van der Waals surface area contributed by atoms with Crippen LogP contribution in [0, 0.1) is 52.5 Å². The Morgan fingerprint density at radius 2 is 1.13 bits per heavy atom. The lowest BCUT2D eigenvalue weighted by Crippen LogP contribution is -2.05. The molecule has 0 spiro atoms. The summed E-state index contributed by atoms with van der Waals surface area (Å²) in [6.45, 7) is 7.37. The summed E-state index contributed by atoms with van der Waals surface area (Å²) in [4.78, 5) is 18.7. The second-order valence-electron chi connectivity index (χ2n) is 11.8. The Bertz CT molecular complexity index is 2890. The predicted octanol–water partition coefficient (Wildman–Crippen LogP) is 10.8. The zero-order valence-corrected chi connectivity index (χ0v) is 26.6. The van der Waals surface area contributed by atoms with Crippen LogP contribution in [0.25, 0.3) is 82.5 Å². The number of nitriles is 2. The molecule has 0 aliphatic carbocycles. The molecule has 2 heterocycles. The Morgan fingerprint density at radius 1 is 0.538 bits per heavy atom. The maximum absolute atomic E-state index is 15.5. The highest BCUT2D eigenvalue weighted by molar-refractivity contribution is 6.21. The van der Waals surface area contributed by atoms with Crippen LogP contribution in [0.3, 0.4) is 0 Å². The molecule has 244 valence electrons. The van der Waals surface area contributed by atoms with Gasteiger partial charge in [0.2, 0.25) is 0 Å². The standard InChI is InChI=1S/C42H18F4N6/c1-49-25-16-14-24(15-17-25)39-40(23-12-10-22(20-47)11-13-23)52-42-32(51-39)19-18-29-33(42)28-8-4-5-9-31(28)50-41(29)27-7-3-2-6-26(27)34-37(45)35(43)30(21-48)36(44)38(34)46/h2-19H. The van der Waals surface area contributed by atoms with Crippen LogP contribution in [-0.2, 0) is 0 Å². The number of halogens is 4. The first kappa shape index (κ1) is 31.8. The Balaban J connectivity index is 1.47. The molecule has 6 aromatic carbocycles. The number of rotatable bonds is 4. The van der Waals surface area contributed by atoms with E-state index in [1.807, 2.05) is 12.1 Å². The fraction of sp³-hybridized carbons (Fsp3) is 0. The van der Waals surface area contributed by atoms with Crippen LogP contribution in [-0.4, -0.2) is 15.0 Å². The minimum Gasteiger partial charge on any atom is -0.247 e.